The van der Waals surface area contributed by atoms with Crippen molar-refractivity contribution in [3.63, 3.8) is 0 Å². The first kappa shape index (κ1) is 11.9. The summed E-state index contributed by atoms with van der Waals surface area (Å²) in [4.78, 5) is 0. The SMILES string of the molecule is OC1(COc2cc(F)ccc2Br)CCCC1. The molecule has 0 saturated heterocycles. The Morgan fingerprint density at radius 1 is 1.38 bits per heavy atom. The lowest BCUT2D eigenvalue weighted by molar-refractivity contribution is 0.00109. The summed E-state index contributed by atoms with van der Waals surface area (Å²) in [5, 5.41) is 10.1. The van der Waals surface area contributed by atoms with Crippen LogP contribution in [-0.4, -0.2) is 17.3 Å². The molecule has 1 aromatic carbocycles. The third kappa shape index (κ3) is 2.74. The topological polar surface area (TPSA) is 29.5 Å². The molecular formula is C12H14BrFO2. The fourth-order valence-electron chi connectivity index (χ4n) is 1.98. The van der Waals surface area contributed by atoms with Gasteiger partial charge in [-0.25, -0.2) is 4.39 Å². The van der Waals surface area contributed by atoms with Gasteiger partial charge in [-0.1, -0.05) is 12.8 Å². The molecule has 0 amide bonds. The van der Waals surface area contributed by atoms with Crippen molar-refractivity contribution in [3.05, 3.63) is 28.5 Å². The average molecular weight is 289 g/mol. The molecule has 0 unspecified atom stereocenters. The van der Waals surface area contributed by atoms with E-state index in [4.69, 9.17) is 4.74 Å². The molecule has 0 aliphatic heterocycles. The van der Waals surface area contributed by atoms with Crippen LogP contribution in [0.2, 0.25) is 0 Å². The van der Waals surface area contributed by atoms with Gasteiger partial charge in [0, 0.05) is 6.07 Å². The van der Waals surface area contributed by atoms with Crippen molar-refractivity contribution < 1.29 is 14.2 Å². The molecule has 1 fully saturated rings. The number of aliphatic hydroxyl groups is 1. The van der Waals surface area contributed by atoms with Gasteiger partial charge in [-0.3, -0.25) is 0 Å². The van der Waals surface area contributed by atoms with E-state index >= 15 is 0 Å². The Labute approximate surface area is 103 Å². The maximum absolute atomic E-state index is 13.0. The van der Waals surface area contributed by atoms with Crippen molar-refractivity contribution in [2.24, 2.45) is 0 Å². The summed E-state index contributed by atoms with van der Waals surface area (Å²) in [5.74, 6) is 0.108. The first-order valence-corrected chi connectivity index (χ1v) is 6.19. The molecule has 0 bridgehead atoms. The third-order valence-electron chi connectivity index (χ3n) is 2.92. The van der Waals surface area contributed by atoms with E-state index in [1.807, 2.05) is 0 Å². The molecular weight excluding hydrogens is 275 g/mol. The zero-order valence-electron chi connectivity index (χ0n) is 8.88. The van der Waals surface area contributed by atoms with Crippen molar-refractivity contribution in [2.75, 3.05) is 6.61 Å². The number of benzene rings is 1. The second-order valence-corrected chi connectivity index (χ2v) is 5.15. The second kappa shape index (κ2) is 4.72. The minimum Gasteiger partial charge on any atom is -0.489 e. The Hall–Kier alpha value is -0.610. The van der Waals surface area contributed by atoms with E-state index in [1.165, 1.54) is 12.1 Å². The summed E-state index contributed by atoms with van der Waals surface area (Å²) in [6, 6.07) is 4.28. The van der Waals surface area contributed by atoms with Crippen LogP contribution < -0.4 is 4.74 Å². The highest BCUT2D eigenvalue weighted by Crippen LogP contribution is 2.32. The fraction of sp³-hybridized carbons (Fsp3) is 0.500. The maximum Gasteiger partial charge on any atom is 0.136 e. The summed E-state index contributed by atoms with van der Waals surface area (Å²) < 4.78 is 19.2. The monoisotopic (exact) mass is 288 g/mol. The van der Waals surface area contributed by atoms with Crippen molar-refractivity contribution in [3.8, 4) is 5.75 Å². The van der Waals surface area contributed by atoms with Gasteiger partial charge in [-0.15, -0.1) is 0 Å². The third-order valence-corrected chi connectivity index (χ3v) is 3.58. The first-order chi connectivity index (χ1) is 7.59. The zero-order valence-corrected chi connectivity index (χ0v) is 10.5. The minimum absolute atomic E-state index is 0.231. The molecule has 1 aliphatic rings. The second-order valence-electron chi connectivity index (χ2n) is 4.29. The van der Waals surface area contributed by atoms with Crippen LogP contribution in [0.5, 0.6) is 5.75 Å². The summed E-state index contributed by atoms with van der Waals surface area (Å²) in [5.41, 5.74) is -0.730. The number of halogens is 2. The zero-order chi connectivity index (χ0) is 11.6. The Morgan fingerprint density at radius 2 is 2.06 bits per heavy atom. The molecule has 0 atom stereocenters. The quantitative estimate of drug-likeness (QED) is 0.925. The highest BCUT2D eigenvalue weighted by atomic mass is 79.9. The Balaban J connectivity index is 2.01. The summed E-state index contributed by atoms with van der Waals surface area (Å²) in [7, 11) is 0. The van der Waals surface area contributed by atoms with Crippen LogP contribution in [0.4, 0.5) is 4.39 Å². The highest BCUT2D eigenvalue weighted by Gasteiger charge is 2.32. The lowest BCUT2D eigenvalue weighted by atomic mass is 10.0. The van der Waals surface area contributed by atoms with Crippen LogP contribution in [0.3, 0.4) is 0 Å². The molecule has 0 aromatic heterocycles. The van der Waals surface area contributed by atoms with Gasteiger partial charge < -0.3 is 9.84 Å². The fourth-order valence-corrected chi connectivity index (χ4v) is 2.34. The van der Waals surface area contributed by atoms with E-state index in [2.05, 4.69) is 15.9 Å². The van der Waals surface area contributed by atoms with Gasteiger partial charge in [0.15, 0.2) is 0 Å². The summed E-state index contributed by atoms with van der Waals surface area (Å²) in [6.45, 7) is 0.231. The van der Waals surface area contributed by atoms with Gasteiger partial charge >= 0.3 is 0 Å². The predicted octanol–water partition coefficient (Wildman–Crippen LogP) is 3.27. The molecule has 4 heteroatoms. The normalized spacial score (nSPS) is 18.7. The van der Waals surface area contributed by atoms with Crippen LogP contribution in [0, 0.1) is 5.82 Å². The standard InChI is InChI=1S/C12H14BrFO2/c13-10-4-3-9(14)7-11(10)16-8-12(15)5-1-2-6-12/h3-4,7,15H,1-2,5-6,8H2. The molecule has 0 heterocycles. The number of ether oxygens (including phenoxy) is 1. The molecule has 1 aromatic rings. The molecule has 0 spiro atoms. The van der Waals surface area contributed by atoms with Crippen molar-refractivity contribution >= 4 is 15.9 Å². The van der Waals surface area contributed by atoms with Crippen LogP contribution in [0.15, 0.2) is 22.7 Å². The van der Waals surface area contributed by atoms with Gasteiger partial charge in [-0.05, 0) is 40.9 Å². The Kier molecular flexibility index (Phi) is 3.50. The van der Waals surface area contributed by atoms with Crippen molar-refractivity contribution in [1.82, 2.24) is 0 Å². The summed E-state index contributed by atoms with van der Waals surface area (Å²) >= 11 is 3.28. The van der Waals surface area contributed by atoms with Gasteiger partial charge in [-0.2, -0.15) is 0 Å². The average Bonchev–Trinajstić information content (AvgIpc) is 2.67. The molecule has 1 aliphatic carbocycles. The number of rotatable bonds is 3. The smallest absolute Gasteiger partial charge is 0.136 e. The Bertz CT molecular complexity index is 375. The van der Waals surface area contributed by atoms with E-state index in [1.54, 1.807) is 6.07 Å². The van der Waals surface area contributed by atoms with E-state index in [0.717, 1.165) is 25.7 Å². The van der Waals surface area contributed by atoms with Gasteiger partial charge in [0.25, 0.3) is 0 Å². The molecule has 1 saturated carbocycles. The minimum atomic E-state index is -0.730. The maximum atomic E-state index is 13.0. The molecule has 1 N–H and O–H groups in total. The van der Waals surface area contributed by atoms with Gasteiger partial charge in [0.05, 0.1) is 10.1 Å². The van der Waals surface area contributed by atoms with Crippen LogP contribution >= 0.6 is 15.9 Å². The lowest BCUT2D eigenvalue weighted by Crippen LogP contribution is -2.32. The molecule has 2 rings (SSSR count). The first-order valence-electron chi connectivity index (χ1n) is 5.39. The molecule has 16 heavy (non-hydrogen) atoms. The van der Waals surface area contributed by atoms with E-state index < -0.39 is 5.60 Å². The van der Waals surface area contributed by atoms with Crippen LogP contribution in [-0.2, 0) is 0 Å². The predicted molar refractivity (Wildman–Crippen MR) is 63.0 cm³/mol. The van der Waals surface area contributed by atoms with Crippen LogP contribution in [0.25, 0.3) is 0 Å². The number of hydrogen-bond donors (Lipinski definition) is 1. The molecule has 88 valence electrons. The van der Waals surface area contributed by atoms with Gasteiger partial charge in [0.2, 0.25) is 0 Å². The number of hydrogen-bond acceptors (Lipinski definition) is 2. The van der Waals surface area contributed by atoms with Crippen molar-refractivity contribution in [1.29, 1.82) is 0 Å². The van der Waals surface area contributed by atoms with Gasteiger partial charge in [0.1, 0.15) is 18.2 Å². The van der Waals surface area contributed by atoms with Crippen LogP contribution in [0.1, 0.15) is 25.7 Å². The van der Waals surface area contributed by atoms with Crippen molar-refractivity contribution in [2.45, 2.75) is 31.3 Å². The van der Waals surface area contributed by atoms with E-state index in [9.17, 15) is 9.50 Å². The largest absolute Gasteiger partial charge is 0.489 e. The Morgan fingerprint density at radius 3 is 2.75 bits per heavy atom. The van der Waals surface area contributed by atoms with E-state index in [0.29, 0.717) is 10.2 Å². The summed E-state index contributed by atoms with van der Waals surface area (Å²) in [6.07, 6.45) is 3.59. The lowest BCUT2D eigenvalue weighted by Gasteiger charge is -2.22. The highest BCUT2D eigenvalue weighted by molar-refractivity contribution is 9.10. The molecule has 0 radical (unpaired) electrons. The molecule has 2 nitrogen and oxygen atoms in total. The van der Waals surface area contributed by atoms with E-state index in [-0.39, 0.29) is 12.4 Å².